The van der Waals surface area contributed by atoms with Crippen LogP contribution in [0.1, 0.15) is 6.42 Å². The summed E-state index contributed by atoms with van der Waals surface area (Å²) >= 11 is 0. The second-order valence-corrected chi connectivity index (χ2v) is 10.5. The molecule has 10 heteroatoms. The monoisotopic (exact) mass is 423 g/mol. The number of aromatic amines is 1. The van der Waals surface area contributed by atoms with E-state index >= 15 is 0 Å². The van der Waals surface area contributed by atoms with Gasteiger partial charge in [0.2, 0.25) is 0 Å². The minimum absolute atomic E-state index is 0.0280. The number of nitrogens with zero attached hydrogens (tertiary/aromatic N) is 2. The van der Waals surface area contributed by atoms with E-state index in [2.05, 4.69) is 9.97 Å². The fourth-order valence-electron chi connectivity index (χ4n) is 2.74. The summed E-state index contributed by atoms with van der Waals surface area (Å²) < 4.78 is 55.1. The summed E-state index contributed by atoms with van der Waals surface area (Å²) in [6, 6.07) is 9.88. The number of ether oxygens (including phenoxy) is 1. The maximum Gasteiger partial charge on any atom is 0.281 e. The number of hydrogen-bond acceptors (Lipinski definition) is 6. The lowest BCUT2D eigenvalue weighted by atomic mass is 10.2. The first kappa shape index (κ1) is 20.2. The van der Waals surface area contributed by atoms with Gasteiger partial charge in [-0.3, -0.25) is 4.31 Å². The summed E-state index contributed by atoms with van der Waals surface area (Å²) in [5.41, 5.74) is 1.05. The summed E-state index contributed by atoms with van der Waals surface area (Å²) in [6.07, 6.45) is 4.66. The Balaban J connectivity index is 1.91. The minimum Gasteiger partial charge on any atom is -0.493 e. The lowest BCUT2D eigenvalue weighted by molar-refractivity contribution is 0.318. The Kier molecular flexibility index (Phi) is 5.61. The molecule has 0 aliphatic carbocycles. The van der Waals surface area contributed by atoms with Gasteiger partial charge in [0.15, 0.2) is 5.03 Å². The molecule has 2 heterocycles. The molecule has 0 aliphatic rings. The Hall–Kier alpha value is -2.59. The highest BCUT2D eigenvalue weighted by atomic mass is 32.2. The Bertz CT molecular complexity index is 1170. The fourth-order valence-corrected chi connectivity index (χ4v) is 4.51. The zero-order valence-electron chi connectivity index (χ0n) is 15.5. The summed E-state index contributed by atoms with van der Waals surface area (Å²) in [6.45, 7) is 0.207. The van der Waals surface area contributed by atoms with Crippen molar-refractivity contribution in [3.63, 3.8) is 0 Å². The number of pyridine rings is 1. The van der Waals surface area contributed by atoms with Gasteiger partial charge in [-0.15, -0.1) is 0 Å². The molecule has 0 fully saturated rings. The Labute approximate surface area is 164 Å². The van der Waals surface area contributed by atoms with Crippen LogP contribution < -0.4 is 9.04 Å². The van der Waals surface area contributed by atoms with Gasteiger partial charge in [-0.05, 0) is 30.7 Å². The number of hydrogen-bond donors (Lipinski definition) is 1. The van der Waals surface area contributed by atoms with Crippen molar-refractivity contribution in [2.45, 2.75) is 11.4 Å². The van der Waals surface area contributed by atoms with E-state index < -0.39 is 19.9 Å². The number of benzene rings is 1. The van der Waals surface area contributed by atoms with Gasteiger partial charge >= 0.3 is 0 Å². The molecule has 0 spiro atoms. The van der Waals surface area contributed by atoms with Gasteiger partial charge in [0.25, 0.3) is 10.0 Å². The van der Waals surface area contributed by atoms with Crippen molar-refractivity contribution in [2.75, 3.05) is 30.0 Å². The van der Waals surface area contributed by atoms with Gasteiger partial charge in [0.05, 0.1) is 23.6 Å². The molecular weight excluding hydrogens is 402 g/mol. The standard InChI is InChI=1S/C18H21N3O5S2/c1-21(28(24,25)17-6-3-4-8-19-17)16-13-15(12-14-7-9-20-18(14)16)26-10-5-11-27(2,22)23/h3-4,6-9,12-13,20H,5,10-11H2,1-2H3. The van der Waals surface area contributed by atoms with E-state index in [0.29, 0.717) is 23.4 Å². The molecule has 0 saturated carbocycles. The maximum absolute atomic E-state index is 12.9. The van der Waals surface area contributed by atoms with Crippen molar-refractivity contribution >= 4 is 36.5 Å². The van der Waals surface area contributed by atoms with Crippen LogP contribution in [0.2, 0.25) is 0 Å². The van der Waals surface area contributed by atoms with Crippen molar-refractivity contribution in [1.29, 1.82) is 0 Å². The molecule has 150 valence electrons. The number of nitrogens with one attached hydrogen (secondary N) is 1. The van der Waals surface area contributed by atoms with E-state index in [9.17, 15) is 16.8 Å². The molecule has 0 saturated heterocycles. The van der Waals surface area contributed by atoms with Crippen molar-refractivity contribution in [3.8, 4) is 5.75 Å². The van der Waals surface area contributed by atoms with E-state index in [1.807, 2.05) is 6.07 Å². The number of sulfone groups is 1. The van der Waals surface area contributed by atoms with Crippen LogP contribution in [0.25, 0.3) is 10.9 Å². The largest absolute Gasteiger partial charge is 0.493 e. The number of aromatic nitrogens is 2. The van der Waals surface area contributed by atoms with Crippen LogP contribution in [0.4, 0.5) is 5.69 Å². The molecule has 3 aromatic rings. The highest BCUT2D eigenvalue weighted by molar-refractivity contribution is 7.92. The number of rotatable bonds is 8. The number of fused-ring (bicyclic) bond motifs is 1. The predicted octanol–water partition coefficient (Wildman–Crippen LogP) is 2.20. The average molecular weight is 424 g/mol. The Morgan fingerprint density at radius 3 is 2.61 bits per heavy atom. The molecule has 0 unspecified atom stereocenters. The summed E-state index contributed by atoms with van der Waals surface area (Å²) in [4.78, 5) is 6.99. The molecule has 0 radical (unpaired) electrons. The van der Waals surface area contributed by atoms with Crippen LogP contribution in [0.3, 0.4) is 0 Å². The first-order chi connectivity index (χ1) is 13.2. The van der Waals surface area contributed by atoms with E-state index in [4.69, 9.17) is 4.74 Å². The van der Waals surface area contributed by atoms with E-state index in [0.717, 1.165) is 9.69 Å². The van der Waals surface area contributed by atoms with Crippen LogP contribution >= 0.6 is 0 Å². The number of sulfonamides is 1. The minimum atomic E-state index is -3.86. The van der Waals surface area contributed by atoms with Crippen molar-refractivity contribution < 1.29 is 21.6 Å². The topological polar surface area (TPSA) is 109 Å². The Morgan fingerprint density at radius 1 is 1.14 bits per heavy atom. The molecule has 3 rings (SSSR count). The van der Waals surface area contributed by atoms with Crippen molar-refractivity contribution in [3.05, 3.63) is 48.8 Å². The normalized spacial score (nSPS) is 12.2. The quantitative estimate of drug-likeness (QED) is 0.556. The molecule has 0 bridgehead atoms. The molecule has 0 aliphatic heterocycles. The van der Waals surface area contributed by atoms with Gasteiger partial charge in [0.1, 0.15) is 15.6 Å². The summed E-state index contributed by atoms with van der Waals surface area (Å²) in [7, 11) is -5.46. The zero-order valence-corrected chi connectivity index (χ0v) is 17.1. The van der Waals surface area contributed by atoms with Gasteiger partial charge in [0, 0.05) is 37.1 Å². The van der Waals surface area contributed by atoms with Crippen LogP contribution in [-0.4, -0.2) is 52.5 Å². The second-order valence-electron chi connectivity index (χ2n) is 6.36. The molecular formula is C18H21N3O5S2. The molecule has 1 aromatic carbocycles. The highest BCUT2D eigenvalue weighted by Gasteiger charge is 2.25. The number of anilines is 1. The summed E-state index contributed by atoms with van der Waals surface area (Å²) in [5.74, 6) is 0.485. The highest BCUT2D eigenvalue weighted by Crippen LogP contribution is 2.33. The lowest BCUT2D eigenvalue weighted by Crippen LogP contribution is -2.27. The Morgan fingerprint density at radius 2 is 1.93 bits per heavy atom. The van der Waals surface area contributed by atoms with Gasteiger partial charge in [-0.25, -0.2) is 13.4 Å². The van der Waals surface area contributed by atoms with Crippen LogP contribution in [0.5, 0.6) is 5.75 Å². The molecule has 2 aromatic heterocycles. The van der Waals surface area contributed by atoms with Gasteiger partial charge < -0.3 is 9.72 Å². The second kappa shape index (κ2) is 7.80. The SMILES string of the molecule is CN(c1cc(OCCCS(C)(=O)=O)cc2cc[nH]c12)S(=O)(=O)c1ccccn1. The molecule has 0 amide bonds. The first-order valence-corrected chi connectivity index (χ1v) is 12.0. The van der Waals surface area contributed by atoms with Crippen LogP contribution in [-0.2, 0) is 19.9 Å². The van der Waals surface area contributed by atoms with Gasteiger partial charge in [-0.1, -0.05) is 6.07 Å². The van der Waals surface area contributed by atoms with Crippen LogP contribution in [0, 0.1) is 0 Å². The molecule has 28 heavy (non-hydrogen) atoms. The van der Waals surface area contributed by atoms with E-state index in [1.54, 1.807) is 30.5 Å². The van der Waals surface area contributed by atoms with E-state index in [-0.39, 0.29) is 17.4 Å². The maximum atomic E-state index is 12.9. The smallest absolute Gasteiger partial charge is 0.281 e. The zero-order chi connectivity index (χ0) is 20.4. The third-order valence-corrected chi connectivity index (χ3v) is 6.86. The predicted molar refractivity (Wildman–Crippen MR) is 108 cm³/mol. The van der Waals surface area contributed by atoms with Crippen molar-refractivity contribution in [2.24, 2.45) is 0 Å². The summed E-state index contributed by atoms with van der Waals surface area (Å²) in [5, 5.41) is 0.718. The van der Waals surface area contributed by atoms with Crippen molar-refractivity contribution in [1.82, 2.24) is 9.97 Å². The average Bonchev–Trinajstić information content (AvgIpc) is 3.12. The lowest BCUT2D eigenvalue weighted by Gasteiger charge is -2.20. The van der Waals surface area contributed by atoms with Gasteiger partial charge in [-0.2, -0.15) is 8.42 Å². The fraction of sp³-hybridized carbons (Fsp3) is 0.278. The first-order valence-electron chi connectivity index (χ1n) is 8.50. The molecule has 1 N–H and O–H groups in total. The van der Waals surface area contributed by atoms with E-state index in [1.165, 1.54) is 25.6 Å². The van der Waals surface area contributed by atoms with Crippen LogP contribution in [0.15, 0.2) is 53.8 Å². The number of H-pyrrole nitrogens is 1. The third-order valence-electron chi connectivity index (χ3n) is 4.14. The third kappa shape index (κ3) is 4.45. The molecule has 8 nitrogen and oxygen atoms in total. The molecule has 0 atom stereocenters.